The van der Waals surface area contributed by atoms with Crippen molar-refractivity contribution in [3.63, 3.8) is 0 Å². The molecule has 0 bridgehead atoms. The van der Waals surface area contributed by atoms with Crippen LogP contribution in [0.2, 0.25) is 0 Å². The van der Waals surface area contributed by atoms with Crippen LogP contribution >= 0.6 is 11.8 Å². The zero-order valence-corrected chi connectivity index (χ0v) is 9.13. The minimum absolute atomic E-state index is 0.333. The predicted molar refractivity (Wildman–Crippen MR) is 59.4 cm³/mol. The maximum Gasteiger partial charge on any atom is 0.138 e. The van der Waals surface area contributed by atoms with Crippen LogP contribution in [0.3, 0.4) is 0 Å². The van der Waals surface area contributed by atoms with E-state index in [4.69, 9.17) is 9.68 Å². The molecule has 0 aliphatic carbocycles. The van der Waals surface area contributed by atoms with Gasteiger partial charge in [-0.15, -0.1) is 11.8 Å². The molecule has 4 heteroatoms. The molecule has 0 aliphatic rings. The lowest BCUT2D eigenvalue weighted by Crippen LogP contribution is -1.84. The summed E-state index contributed by atoms with van der Waals surface area (Å²) in [7, 11) is 0. The molecule has 0 saturated carbocycles. The highest BCUT2D eigenvalue weighted by molar-refractivity contribution is 7.98. The Morgan fingerprint density at radius 3 is 2.88 bits per heavy atom. The third kappa shape index (κ3) is 2.44. The zero-order valence-electron chi connectivity index (χ0n) is 8.31. The highest BCUT2D eigenvalue weighted by Crippen LogP contribution is 2.26. The molecule has 0 aliphatic heterocycles. The summed E-state index contributed by atoms with van der Waals surface area (Å²) in [6.45, 7) is 0. The molecule has 16 heavy (non-hydrogen) atoms. The van der Waals surface area contributed by atoms with Crippen molar-refractivity contribution in [1.29, 1.82) is 5.26 Å². The van der Waals surface area contributed by atoms with Gasteiger partial charge in [-0.25, -0.2) is 4.39 Å². The van der Waals surface area contributed by atoms with Crippen LogP contribution < -0.4 is 0 Å². The number of rotatable bonds is 3. The first-order valence-corrected chi connectivity index (χ1v) is 5.63. The minimum atomic E-state index is -0.365. The summed E-state index contributed by atoms with van der Waals surface area (Å²) in [6.07, 6.45) is 1.59. The van der Waals surface area contributed by atoms with Gasteiger partial charge in [0.1, 0.15) is 11.6 Å². The molecule has 1 heterocycles. The normalized spacial score (nSPS) is 10.0. The van der Waals surface area contributed by atoms with Crippen LogP contribution in [0.4, 0.5) is 4.39 Å². The van der Waals surface area contributed by atoms with Crippen molar-refractivity contribution in [2.45, 2.75) is 10.6 Å². The third-order valence-corrected chi connectivity index (χ3v) is 3.08. The summed E-state index contributed by atoms with van der Waals surface area (Å²) in [4.78, 5) is 0.524. The van der Waals surface area contributed by atoms with Crippen molar-refractivity contribution in [2.24, 2.45) is 0 Å². The molecule has 0 atom stereocenters. The van der Waals surface area contributed by atoms with E-state index < -0.39 is 0 Å². The van der Waals surface area contributed by atoms with Crippen molar-refractivity contribution in [2.75, 3.05) is 0 Å². The molecule has 2 aromatic rings. The largest absolute Gasteiger partial charge is 0.468 e. The molecule has 2 rings (SSSR count). The predicted octanol–water partition coefficient (Wildman–Crippen LogP) is 3.58. The SMILES string of the molecule is N#Cc1ccc(SCc2ccco2)c(F)c1. The Morgan fingerprint density at radius 1 is 1.38 bits per heavy atom. The zero-order chi connectivity index (χ0) is 11.4. The van der Waals surface area contributed by atoms with E-state index in [1.165, 1.54) is 17.8 Å². The van der Waals surface area contributed by atoms with E-state index in [1.807, 2.05) is 12.1 Å². The van der Waals surface area contributed by atoms with E-state index in [1.54, 1.807) is 24.5 Å². The molecule has 1 aromatic heterocycles. The minimum Gasteiger partial charge on any atom is -0.468 e. The Hall–Kier alpha value is -1.73. The lowest BCUT2D eigenvalue weighted by atomic mass is 10.2. The fourth-order valence-corrected chi connectivity index (χ4v) is 2.05. The number of thioether (sulfide) groups is 1. The highest BCUT2D eigenvalue weighted by atomic mass is 32.2. The fraction of sp³-hybridized carbons (Fsp3) is 0.0833. The van der Waals surface area contributed by atoms with E-state index in [2.05, 4.69) is 0 Å². The number of hydrogen-bond donors (Lipinski definition) is 0. The van der Waals surface area contributed by atoms with Crippen LogP contribution in [0.1, 0.15) is 11.3 Å². The summed E-state index contributed by atoms with van der Waals surface area (Å²) in [5, 5.41) is 8.59. The molecule has 80 valence electrons. The molecular weight excluding hydrogens is 225 g/mol. The van der Waals surface area contributed by atoms with E-state index in [-0.39, 0.29) is 5.82 Å². The summed E-state index contributed by atoms with van der Waals surface area (Å²) in [5.74, 6) is 1.01. The van der Waals surface area contributed by atoms with Gasteiger partial charge in [-0.3, -0.25) is 0 Å². The van der Waals surface area contributed by atoms with Gasteiger partial charge in [0.25, 0.3) is 0 Å². The van der Waals surface area contributed by atoms with Crippen molar-refractivity contribution >= 4 is 11.8 Å². The summed E-state index contributed by atoms with van der Waals surface area (Å²) >= 11 is 1.35. The van der Waals surface area contributed by atoms with E-state index in [9.17, 15) is 4.39 Å². The Balaban J connectivity index is 2.08. The van der Waals surface area contributed by atoms with Crippen LogP contribution in [0, 0.1) is 17.1 Å². The third-order valence-electron chi connectivity index (χ3n) is 2.01. The van der Waals surface area contributed by atoms with Crippen molar-refractivity contribution in [3.05, 3.63) is 53.7 Å². The van der Waals surface area contributed by atoms with Crippen LogP contribution in [-0.4, -0.2) is 0 Å². The molecule has 0 unspecified atom stereocenters. The van der Waals surface area contributed by atoms with Gasteiger partial charge in [-0.2, -0.15) is 5.26 Å². The molecule has 2 nitrogen and oxygen atoms in total. The monoisotopic (exact) mass is 233 g/mol. The fourth-order valence-electron chi connectivity index (χ4n) is 1.23. The quantitative estimate of drug-likeness (QED) is 0.760. The molecule has 0 saturated heterocycles. The van der Waals surface area contributed by atoms with Crippen LogP contribution in [0.5, 0.6) is 0 Å². The molecular formula is C12H8FNOS. The number of nitrogens with zero attached hydrogens (tertiary/aromatic N) is 1. The van der Waals surface area contributed by atoms with Gasteiger partial charge in [0.05, 0.1) is 23.6 Å². The number of hydrogen-bond acceptors (Lipinski definition) is 3. The lowest BCUT2D eigenvalue weighted by molar-refractivity contribution is 0.530. The second kappa shape index (κ2) is 4.86. The highest BCUT2D eigenvalue weighted by Gasteiger charge is 2.05. The first-order chi connectivity index (χ1) is 7.79. The Morgan fingerprint density at radius 2 is 2.25 bits per heavy atom. The van der Waals surface area contributed by atoms with Gasteiger partial charge in [0.15, 0.2) is 0 Å². The molecule has 0 fully saturated rings. The van der Waals surface area contributed by atoms with Gasteiger partial charge in [0.2, 0.25) is 0 Å². The van der Waals surface area contributed by atoms with Gasteiger partial charge in [-0.1, -0.05) is 0 Å². The number of benzene rings is 1. The van der Waals surface area contributed by atoms with Crippen LogP contribution in [0.15, 0.2) is 45.9 Å². The molecule has 1 aromatic carbocycles. The number of halogens is 1. The molecule has 0 amide bonds. The molecule has 0 spiro atoms. The number of nitriles is 1. The first kappa shape index (κ1) is 10.8. The maximum atomic E-state index is 13.5. The maximum absolute atomic E-state index is 13.5. The smallest absolute Gasteiger partial charge is 0.138 e. The van der Waals surface area contributed by atoms with Crippen molar-refractivity contribution in [1.82, 2.24) is 0 Å². The number of furan rings is 1. The second-order valence-corrected chi connectivity index (χ2v) is 4.14. The second-order valence-electron chi connectivity index (χ2n) is 3.13. The molecule has 0 N–H and O–H groups in total. The van der Waals surface area contributed by atoms with Gasteiger partial charge in [-0.05, 0) is 30.3 Å². The van der Waals surface area contributed by atoms with E-state index in [0.29, 0.717) is 16.2 Å². The van der Waals surface area contributed by atoms with Gasteiger partial charge >= 0.3 is 0 Å². The Bertz CT molecular complexity index is 516. The Kier molecular flexibility index (Phi) is 3.28. The average Bonchev–Trinajstić information content (AvgIpc) is 2.80. The summed E-state index contributed by atoms with van der Waals surface area (Å²) in [6, 6.07) is 9.99. The first-order valence-electron chi connectivity index (χ1n) is 4.64. The summed E-state index contributed by atoms with van der Waals surface area (Å²) < 4.78 is 18.6. The average molecular weight is 233 g/mol. The van der Waals surface area contributed by atoms with E-state index in [0.717, 1.165) is 5.76 Å². The van der Waals surface area contributed by atoms with Crippen molar-refractivity contribution < 1.29 is 8.81 Å². The molecule has 0 radical (unpaired) electrons. The van der Waals surface area contributed by atoms with Gasteiger partial charge in [0, 0.05) is 4.90 Å². The summed E-state index contributed by atoms with van der Waals surface area (Å²) in [5.41, 5.74) is 0.333. The lowest BCUT2D eigenvalue weighted by Gasteiger charge is -2.01. The standard InChI is InChI=1S/C12H8FNOS/c13-11-6-9(7-14)3-4-12(11)16-8-10-2-1-5-15-10/h1-6H,8H2. The van der Waals surface area contributed by atoms with Crippen LogP contribution in [0.25, 0.3) is 0 Å². The van der Waals surface area contributed by atoms with E-state index >= 15 is 0 Å². The van der Waals surface area contributed by atoms with Crippen molar-refractivity contribution in [3.8, 4) is 6.07 Å². The van der Waals surface area contributed by atoms with Gasteiger partial charge < -0.3 is 4.42 Å². The van der Waals surface area contributed by atoms with Crippen LogP contribution in [-0.2, 0) is 5.75 Å². The topological polar surface area (TPSA) is 36.9 Å². The Labute approximate surface area is 96.7 Å².